The van der Waals surface area contributed by atoms with E-state index >= 15 is 0 Å². The maximum atomic E-state index is 13.1. The molecule has 0 spiro atoms. The summed E-state index contributed by atoms with van der Waals surface area (Å²) in [5.41, 5.74) is 0.926. The fourth-order valence-corrected chi connectivity index (χ4v) is 4.55. The van der Waals surface area contributed by atoms with Crippen molar-refractivity contribution in [2.75, 3.05) is 39.3 Å². The first-order valence-corrected chi connectivity index (χ1v) is 11.7. The molecule has 2 heterocycles. The topological polar surface area (TPSA) is 59.1 Å². The Morgan fingerprint density at radius 2 is 1.84 bits per heavy atom. The molecule has 6 heteroatoms. The highest BCUT2D eigenvalue weighted by molar-refractivity contribution is 5.95. The van der Waals surface area contributed by atoms with E-state index in [2.05, 4.69) is 25.7 Å². The van der Waals surface area contributed by atoms with Crippen molar-refractivity contribution >= 4 is 11.9 Å². The molecule has 2 fully saturated rings. The van der Waals surface area contributed by atoms with Crippen molar-refractivity contribution in [1.82, 2.24) is 9.80 Å². The summed E-state index contributed by atoms with van der Waals surface area (Å²) in [6.07, 6.45) is 3.78. The number of benzene rings is 1. The molecule has 0 N–H and O–H groups in total. The second kappa shape index (κ2) is 10.5. The van der Waals surface area contributed by atoms with E-state index in [-0.39, 0.29) is 23.9 Å². The molecule has 3 rings (SSSR count). The Morgan fingerprint density at radius 1 is 1.10 bits per heavy atom. The van der Waals surface area contributed by atoms with Crippen LogP contribution in [0, 0.1) is 11.3 Å². The number of carbonyl (C=O) groups is 2. The molecule has 2 aliphatic rings. The Morgan fingerprint density at radius 3 is 2.52 bits per heavy atom. The van der Waals surface area contributed by atoms with Crippen LogP contribution >= 0.6 is 0 Å². The standard InChI is InChI=1S/C25H38N2O4/c1-5-30-24(29)20-9-7-13-27(17-20)23(28)19-8-6-10-22(16-19)31-21-11-14-26(15-12-21)18-25(2,3)4/h6,8,10,16,20-21H,5,7,9,11-15,17-18H2,1-4H3/t20-/m0/s1. The summed E-state index contributed by atoms with van der Waals surface area (Å²) in [5, 5.41) is 0. The minimum Gasteiger partial charge on any atom is -0.490 e. The van der Waals surface area contributed by atoms with E-state index < -0.39 is 0 Å². The second-order valence-electron chi connectivity index (χ2n) is 10.0. The Kier molecular flexibility index (Phi) is 7.98. The SMILES string of the molecule is CCOC(=O)[C@H]1CCCN(C(=O)c2cccc(OC3CCN(CC(C)(C)C)CC3)c2)C1. The molecule has 0 bridgehead atoms. The lowest BCUT2D eigenvalue weighted by atomic mass is 9.94. The first-order valence-electron chi connectivity index (χ1n) is 11.7. The van der Waals surface area contributed by atoms with Crippen LogP contribution in [0.15, 0.2) is 24.3 Å². The normalized spacial score (nSPS) is 21.0. The number of esters is 1. The van der Waals surface area contributed by atoms with Crippen LogP contribution < -0.4 is 4.74 Å². The average Bonchev–Trinajstić information content (AvgIpc) is 2.74. The monoisotopic (exact) mass is 430 g/mol. The second-order valence-corrected chi connectivity index (χ2v) is 10.0. The number of ether oxygens (including phenoxy) is 2. The van der Waals surface area contributed by atoms with Gasteiger partial charge in [0.2, 0.25) is 0 Å². The number of amides is 1. The molecule has 2 aliphatic heterocycles. The molecule has 1 atom stereocenters. The molecular formula is C25H38N2O4. The predicted octanol–water partition coefficient (Wildman–Crippen LogP) is 3.99. The summed E-state index contributed by atoms with van der Waals surface area (Å²) >= 11 is 0. The zero-order chi connectivity index (χ0) is 22.4. The van der Waals surface area contributed by atoms with Crippen molar-refractivity contribution in [1.29, 1.82) is 0 Å². The van der Waals surface area contributed by atoms with Crippen LogP contribution in [0.1, 0.15) is 63.7 Å². The number of hydrogen-bond donors (Lipinski definition) is 0. The van der Waals surface area contributed by atoms with E-state index in [1.165, 1.54) is 0 Å². The molecule has 1 aromatic carbocycles. The average molecular weight is 431 g/mol. The summed E-state index contributed by atoms with van der Waals surface area (Å²) < 4.78 is 11.4. The minimum atomic E-state index is -0.227. The van der Waals surface area contributed by atoms with Crippen molar-refractivity contribution in [2.45, 2.75) is 59.5 Å². The summed E-state index contributed by atoms with van der Waals surface area (Å²) in [6.45, 7) is 13.3. The fraction of sp³-hybridized carbons (Fsp3) is 0.680. The maximum Gasteiger partial charge on any atom is 0.310 e. The van der Waals surface area contributed by atoms with Gasteiger partial charge in [-0.25, -0.2) is 0 Å². The van der Waals surface area contributed by atoms with Crippen LogP contribution in [-0.4, -0.2) is 67.1 Å². The number of hydrogen-bond acceptors (Lipinski definition) is 5. The van der Waals surface area contributed by atoms with Gasteiger partial charge in [0.25, 0.3) is 5.91 Å². The third-order valence-electron chi connectivity index (χ3n) is 5.94. The lowest BCUT2D eigenvalue weighted by molar-refractivity contribution is -0.149. The fourth-order valence-electron chi connectivity index (χ4n) is 4.55. The number of rotatable bonds is 6. The van der Waals surface area contributed by atoms with Gasteiger partial charge < -0.3 is 19.3 Å². The third-order valence-corrected chi connectivity index (χ3v) is 5.94. The number of likely N-dealkylation sites (tertiary alicyclic amines) is 2. The van der Waals surface area contributed by atoms with Gasteiger partial charge in [-0.1, -0.05) is 26.8 Å². The maximum absolute atomic E-state index is 13.1. The van der Waals surface area contributed by atoms with E-state index in [1.54, 1.807) is 4.90 Å². The molecule has 0 radical (unpaired) electrons. The van der Waals surface area contributed by atoms with Crippen molar-refractivity contribution in [3.05, 3.63) is 29.8 Å². The summed E-state index contributed by atoms with van der Waals surface area (Å²) in [4.78, 5) is 29.4. The highest BCUT2D eigenvalue weighted by atomic mass is 16.5. The Labute approximate surface area is 186 Å². The molecule has 6 nitrogen and oxygen atoms in total. The van der Waals surface area contributed by atoms with Crippen LogP contribution in [0.25, 0.3) is 0 Å². The highest BCUT2D eigenvalue weighted by Crippen LogP contribution is 2.25. The van der Waals surface area contributed by atoms with Gasteiger partial charge in [0.1, 0.15) is 11.9 Å². The molecule has 2 saturated heterocycles. The summed E-state index contributed by atoms with van der Waals surface area (Å²) in [7, 11) is 0. The van der Waals surface area contributed by atoms with Crippen LogP contribution in [0.4, 0.5) is 0 Å². The highest BCUT2D eigenvalue weighted by Gasteiger charge is 2.30. The van der Waals surface area contributed by atoms with E-state index in [1.807, 2.05) is 31.2 Å². The number of piperidine rings is 2. The Balaban J connectivity index is 1.55. The molecule has 1 aromatic rings. The first kappa shape index (κ1) is 23.6. The van der Waals surface area contributed by atoms with Gasteiger partial charge >= 0.3 is 5.97 Å². The molecule has 172 valence electrons. The first-order chi connectivity index (χ1) is 14.7. The van der Waals surface area contributed by atoms with Gasteiger partial charge in [0.15, 0.2) is 0 Å². The zero-order valence-corrected chi connectivity index (χ0v) is 19.6. The third kappa shape index (κ3) is 6.96. The number of carbonyl (C=O) groups excluding carboxylic acids is 2. The molecule has 0 aliphatic carbocycles. The zero-order valence-electron chi connectivity index (χ0n) is 19.6. The lowest BCUT2D eigenvalue weighted by Gasteiger charge is -2.36. The van der Waals surface area contributed by atoms with E-state index in [0.717, 1.165) is 51.1 Å². The molecule has 1 amide bonds. The van der Waals surface area contributed by atoms with Gasteiger partial charge in [-0.05, 0) is 56.2 Å². The molecule has 31 heavy (non-hydrogen) atoms. The molecule has 0 saturated carbocycles. The number of nitrogens with zero attached hydrogens (tertiary/aromatic N) is 2. The minimum absolute atomic E-state index is 0.0422. The summed E-state index contributed by atoms with van der Waals surface area (Å²) in [5.74, 6) is 0.281. The lowest BCUT2D eigenvalue weighted by Crippen LogP contribution is -2.43. The van der Waals surface area contributed by atoms with Crippen molar-refractivity contribution < 1.29 is 19.1 Å². The van der Waals surface area contributed by atoms with Crippen LogP contribution in [0.2, 0.25) is 0 Å². The van der Waals surface area contributed by atoms with Gasteiger partial charge in [0, 0.05) is 38.3 Å². The smallest absolute Gasteiger partial charge is 0.310 e. The Hall–Kier alpha value is -2.08. The van der Waals surface area contributed by atoms with E-state index in [0.29, 0.717) is 30.7 Å². The molecular weight excluding hydrogens is 392 g/mol. The molecule has 0 unspecified atom stereocenters. The largest absolute Gasteiger partial charge is 0.490 e. The quantitative estimate of drug-likeness (QED) is 0.639. The van der Waals surface area contributed by atoms with Crippen molar-refractivity contribution in [3.8, 4) is 5.75 Å². The van der Waals surface area contributed by atoms with Crippen LogP contribution in [0.5, 0.6) is 5.75 Å². The van der Waals surface area contributed by atoms with Crippen LogP contribution in [-0.2, 0) is 9.53 Å². The predicted molar refractivity (Wildman–Crippen MR) is 121 cm³/mol. The summed E-state index contributed by atoms with van der Waals surface area (Å²) in [6, 6.07) is 7.48. The molecule has 0 aromatic heterocycles. The van der Waals surface area contributed by atoms with Gasteiger partial charge in [-0.15, -0.1) is 0 Å². The van der Waals surface area contributed by atoms with Crippen molar-refractivity contribution in [3.63, 3.8) is 0 Å². The van der Waals surface area contributed by atoms with E-state index in [9.17, 15) is 9.59 Å². The van der Waals surface area contributed by atoms with Gasteiger partial charge in [-0.2, -0.15) is 0 Å². The Bertz CT molecular complexity index is 750. The van der Waals surface area contributed by atoms with Crippen LogP contribution in [0.3, 0.4) is 0 Å². The van der Waals surface area contributed by atoms with Gasteiger partial charge in [-0.3, -0.25) is 9.59 Å². The van der Waals surface area contributed by atoms with Gasteiger partial charge in [0.05, 0.1) is 12.5 Å². The van der Waals surface area contributed by atoms with E-state index in [4.69, 9.17) is 9.47 Å². The van der Waals surface area contributed by atoms with Crippen molar-refractivity contribution in [2.24, 2.45) is 11.3 Å².